The Bertz CT molecular complexity index is 957. The van der Waals surface area contributed by atoms with Gasteiger partial charge in [-0.15, -0.1) is 0 Å². The van der Waals surface area contributed by atoms with Crippen molar-refractivity contribution in [3.05, 3.63) is 57.6 Å². The molecule has 9 heteroatoms. The molecule has 1 aliphatic heterocycles. The van der Waals surface area contributed by atoms with Crippen molar-refractivity contribution in [2.24, 2.45) is 0 Å². The van der Waals surface area contributed by atoms with E-state index in [4.69, 9.17) is 23.2 Å². The van der Waals surface area contributed by atoms with Gasteiger partial charge in [0, 0.05) is 5.02 Å². The fourth-order valence-electron chi connectivity index (χ4n) is 2.09. The molecule has 0 aliphatic carbocycles. The zero-order valence-electron chi connectivity index (χ0n) is 11.3. The van der Waals surface area contributed by atoms with Gasteiger partial charge in [0.05, 0.1) is 26.7 Å². The van der Waals surface area contributed by atoms with Crippen molar-refractivity contribution in [1.29, 1.82) is 0 Å². The van der Waals surface area contributed by atoms with Crippen molar-refractivity contribution in [3.8, 4) is 0 Å². The van der Waals surface area contributed by atoms with Gasteiger partial charge in [-0.3, -0.25) is 19.6 Å². The average molecular weight is 371 g/mol. The highest BCUT2D eigenvalue weighted by molar-refractivity contribution is 7.92. The number of carbonyl (C=O) groups excluding carboxylic acids is 2. The van der Waals surface area contributed by atoms with E-state index in [0.717, 1.165) is 6.07 Å². The lowest BCUT2D eigenvalue weighted by molar-refractivity contribution is 0.0879. The number of carbonyl (C=O) groups is 2. The Kier molecular flexibility index (Phi) is 3.79. The highest BCUT2D eigenvalue weighted by atomic mass is 35.5. The molecule has 0 radical (unpaired) electrons. The fourth-order valence-corrected chi connectivity index (χ4v) is 3.58. The van der Waals surface area contributed by atoms with Gasteiger partial charge >= 0.3 is 0 Å². The monoisotopic (exact) mass is 370 g/mol. The quantitative estimate of drug-likeness (QED) is 0.812. The fraction of sp³-hybridized carbons (Fsp3) is 0. The smallest absolute Gasteiger partial charge is 0.261 e. The first kappa shape index (κ1) is 15.8. The molecule has 3 rings (SSSR count). The summed E-state index contributed by atoms with van der Waals surface area (Å²) < 4.78 is 27.1. The van der Waals surface area contributed by atoms with Gasteiger partial charge in [-0.05, 0) is 36.4 Å². The minimum absolute atomic E-state index is 0.00932. The molecule has 1 heterocycles. The molecule has 2 amide bonds. The summed E-state index contributed by atoms with van der Waals surface area (Å²) in [6.07, 6.45) is 0. The third-order valence-corrected chi connectivity index (χ3v) is 5.12. The Balaban J connectivity index is 2.01. The molecular weight excluding hydrogens is 363 g/mol. The van der Waals surface area contributed by atoms with Crippen molar-refractivity contribution < 1.29 is 18.0 Å². The van der Waals surface area contributed by atoms with Gasteiger partial charge < -0.3 is 0 Å². The molecule has 0 unspecified atom stereocenters. The summed E-state index contributed by atoms with van der Waals surface area (Å²) in [6, 6.07) is 7.99. The van der Waals surface area contributed by atoms with Crippen LogP contribution in [0.2, 0.25) is 10.0 Å². The predicted molar refractivity (Wildman–Crippen MR) is 85.5 cm³/mol. The van der Waals surface area contributed by atoms with Gasteiger partial charge in [-0.2, -0.15) is 0 Å². The molecule has 118 valence electrons. The maximum atomic E-state index is 12.4. The van der Waals surface area contributed by atoms with Gasteiger partial charge in [0.2, 0.25) is 0 Å². The summed E-state index contributed by atoms with van der Waals surface area (Å²) in [5.41, 5.74) is 0.255. The van der Waals surface area contributed by atoms with E-state index in [2.05, 4.69) is 10.0 Å². The molecular formula is C14H8Cl2N2O4S. The Labute approximate surface area is 141 Å². The number of hydrogen-bond acceptors (Lipinski definition) is 4. The third-order valence-electron chi connectivity index (χ3n) is 3.19. The van der Waals surface area contributed by atoms with Crippen LogP contribution in [0, 0.1) is 0 Å². The third kappa shape index (κ3) is 2.90. The highest BCUT2D eigenvalue weighted by Crippen LogP contribution is 2.28. The van der Waals surface area contributed by atoms with E-state index in [1.165, 1.54) is 30.3 Å². The van der Waals surface area contributed by atoms with Crippen molar-refractivity contribution in [3.63, 3.8) is 0 Å². The molecule has 0 fully saturated rings. The summed E-state index contributed by atoms with van der Waals surface area (Å²) >= 11 is 11.8. The Morgan fingerprint density at radius 3 is 2.35 bits per heavy atom. The number of nitrogens with one attached hydrogen (secondary N) is 2. The van der Waals surface area contributed by atoms with Gasteiger partial charge in [0.1, 0.15) is 0 Å². The van der Waals surface area contributed by atoms with Crippen LogP contribution in [0.1, 0.15) is 20.7 Å². The molecule has 2 aromatic rings. The predicted octanol–water partition coefficient (Wildman–Crippen LogP) is 2.68. The lowest BCUT2D eigenvalue weighted by atomic mass is 10.1. The van der Waals surface area contributed by atoms with E-state index in [-0.39, 0.29) is 26.7 Å². The number of rotatable bonds is 3. The molecule has 0 aromatic heterocycles. The van der Waals surface area contributed by atoms with E-state index < -0.39 is 21.8 Å². The minimum atomic E-state index is -4.00. The van der Waals surface area contributed by atoms with E-state index in [9.17, 15) is 18.0 Å². The summed E-state index contributed by atoms with van der Waals surface area (Å²) in [6.45, 7) is 0. The summed E-state index contributed by atoms with van der Waals surface area (Å²) in [7, 11) is -4.00. The Hall–Kier alpha value is -2.09. The first-order chi connectivity index (χ1) is 10.8. The van der Waals surface area contributed by atoms with Gasteiger partial charge in [0.25, 0.3) is 21.8 Å². The molecule has 0 saturated carbocycles. The van der Waals surface area contributed by atoms with Crippen LogP contribution in [0.4, 0.5) is 5.69 Å². The van der Waals surface area contributed by atoms with Gasteiger partial charge in [0.15, 0.2) is 0 Å². The zero-order valence-corrected chi connectivity index (χ0v) is 13.6. The largest absolute Gasteiger partial charge is 0.288 e. The second-order valence-electron chi connectivity index (χ2n) is 4.72. The van der Waals surface area contributed by atoms with Crippen LogP contribution in [-0.2, 0) is 10.0 Å². The van der Waals surface area contributed by atoms with E-state index >= 15 is 0 Å². The van der Waals surface area contributed by atoms with E-state index in [1.807, 2.05) is 0 Å². The second-order valence-corrected chi connectivity index (χ2v) is 7.25. The molecule has 2 N–H and O–H groups in total. The molecule has 6 nitrogen and oxygen atoms in total. The summed E-state index contributed by atoms with van der Waals surface area (Å²) in [5.74, 6) is -1.19. The maximum absolute atomic E-state index is 12.4. The standard InChI is InChI=1S/C14H8Cl2N2O4S/c15-7-1-4-11(16)12(5-7)18-23(21,22)8-2-3-9-10(6-8)14(20)17-13(9)19/h1-6,18H,(H,17,19,20). The van der Waals surface area contributed by atoms with E-state index in [0.29, 0.717) is 5.02 Å². The highest BCUT2D eigenvalue weighted by Gasteiger charge is 2.29. The number of fused-ring (bicyclic) bond motifs is 1. The van der Waals surface area contributed by atoms with Crippen molar-refractivity contribution >= 4 is 50.7 Å². The van der Waals surface area contributed by atoms with Crippen LogP contribution in [0.25, 0.3) is 0 Å². The molecule has 0 atom stereocenters. The Morgan fingerprint density at radius 1 is 0.913 bits per heavy atom. The number of imide groups is 1. The van der Waals surface area contributed by atoms with Crippen molar-refractivity contribution in [1.82, 2.24) is 5.32 Å². The van der Waals surface area contributed by atoms with Gasteiger partial charge in [-0.25, -0.2) is 8.42 Å². The molecule has 23 heavy (non-hydrogen) atoms. The summed E-state index contributed by atoms with van der Waals surface area (Å²) in [4.78, 5) is 22.9. The average Bonchev–Trinajstić information content (AvgIpc) is 2.77. The number of halogens is 2. The van der Waals surface area contributed by atoms with Crippen LogP contribution in [0.3, 0.4) is 0 Å². The topological polar surface area (TPSA) is 92.3 Å². The van der Waals surface area contributed by atoms with Gasteiger partial charge in [-0.1, -0.05) is 23.2 Å². The second kappa shape index (κ2) is 5.52. The molecule has 0 bridgehead atoms. The first-order valence-electron chi connectivity index (χ1n) is 6.25. The number of anilines is 1. The van der Waals surface area contributed by atoms with Crippen molar-refractivity contribution in [2.75, 3.05) is 4.72 Å². The summed E-state index contributed by atoms with van der Waals surface area (Å²) in [5, 5.41) is 2.58. The van der Waals surface area contributed by atoms with E-state index in [1.54, 1.807) is 0 Å². The molecule has 1 aliphatic rings. The van der Waals surface area contributed by atoms with Crippen molar-refractivity contribution in [2.45, 2.75) is 4.90 Å². The SMILES string of the molecule is O=C1NC(=O)c2cc(S(=O)(=O)Nc3cc(Cl)ccc3Cl)ccc21. The lowest BCUT2D eigenvalue weighted by Gasteiger charge is -2.10. The Morgan fingerprint density at radius 2 is 1.61 bits per heavy atom. The normalized spacial score (nSPS) is 13.7. The number of hydrogen-bond donors (Lipinski definition) is 2. The lowest BCUT2D eigenvalue weighted by Crippen LogP contribution is -2.19. The van der Waals surface area contributed by atoms with Crippen LogP contribution < -0.4 is 10.0 Å². The maximum Gasteiger partial charge on any atom is 0.261 e. The zero-order chi connectivity index (χ0) is 16.8. The van der Waals surface area contributed by atoms with Crippen LogP contribution in [-0.4, -0.2) is 20.2 Å². The molecule has 0 saturated heterocycles. The molecule has 2 aromatic carbocycles. The van der Waals surface area contributed by atoms with Crippen LogP contribution >= 0.6 is 23.2 Å². The molecule has 0 spiro atoms. The number of sulfonamides is 1. The number of amides is 2. The van der Waals surface area contributed by atoms with Crippen LogP contribution in [0.15, 0.2) is 41.3 Å². The minimum Gasteiger partial charge on any atom is -0.288 e. The van der Waals surface area contributed by atoms with Crippen LogP contribution in [0.5, 0.6) is 0 Å². The number of benzene rings is 2. The first-order valence-corrected chi connectivity index (χ1v) is 8.49.